The normalized spacial score (nSPS) is 11.1. The van der Waals surface area contributed by atoms with Crippen LogP contribution in [0.1, 0.15) is 5.82 Å². The van der Waals surface area contributed by atoms with Crippen LogP contribution >= 0.6 is 11.6 Å². The quantitative estimate of drug-likeness (QED) is 0.827. The first-order valence-corrected chi connectivity index (χ1v) is 5.17. The molecule has 0 spiro atoms. The molecular weight excluding hydrogens is 212 g/mol. The summed E-state index contributed by atoms with van der Waals surface area (Å²) < 4.78 is 1.94. The maximum atomic E-state index is 6.03. The number of halogens is 1. The Morgan fingerprint density at radius 3 is 3.13 bits per heavy atom. The summed E-state index contributed by atoms with van der Waals surface area (Å²) in [6.07, 6.45) is 2.75. The lowest BCUT2D eigenvalue weighted by atomic mass is 10.3. The molecule has 0 fully saturated rings. The highest BCUT2D eigenvalue weighted by Crippen LogP contribution is 2.23. The van der Waals surface area contributed by atoms with Crippen LogP contribution in [0.4, 0.5) is 5.69 Å². The van der Waals surface area contributed by atoms with Gasteiger partial charge in [0.1, 0.15) is 11.3 Å². The molecule has 3 N–H and O–H groups in total. The number of nitrogens with two attached hydrogens (primary N) is 1. The Hall–Kier alpha value is -1.26. The smallest absolute Gasteiger partial charge is 0.157 e. The minimum absolute atomic E-state index is 0.471. The second-order valence-electron chi connectivity index (χ2n) is 3.35. The van der Waals surface area contributed by atoms with Gasteiger partial charge in [-0.05, 0) is 19.2 Å². The third kappa shape index (κ3) is 1.78. The van der Waals surface area contributed by atoms with Gasteiger partial charge in [-0.3, -0.25) is 0 Å². The lowest BCUT2D eigenvalue weighted by Crippen LogP contribution is -2.12. The van der Waals surface area contributed by atoms with Crippen LogP contribution in [0.3, 0.4) is 0 Å². The molecule has 80 valence electrons. The van der Waals surface area contributed by atoms with Crippen LogP contribution in [-0.2, 0) is 6.42 Å². The van der Waals surface area contributed by atoms with Gasteiger partial charge in [0, 0.05) is 19.2 Å². The molecule has 2 rings (SSSR count). The topological polar surface area (TPSA) is 55.3 Å². The molecule has 0 aromatic carbocycles. The Morgan fingerprint density at radius 2 is 2.40 bits per heavy atom. The predicted octanol–water partition coefficient (Wildman–Crippen LogP) is 1.33. The minimum atomic E-state index is 0.471. The Bertz CT molecular complexity index is 477. The number of nitrogens with one attached hydrogen (secondary N) is 1. The van der Waals surface area contributed by atoms with E-state index in [0.29, 0.717) is 10.8 Å². The zero-order valence-electron chi connectivity index (χ0n) is 8.50. The summed E-state index contributed by atoms with van der Waals surface area (Å²) in [5.41, 5.74) is 7.29. The van der Waals surface area contributed by atoms with Crippen molar-refractivity contribution in [2.45, 2.75) is 6.42 Å². The van der Waals surface area contributed by atoms with E-state index in [1.807, 2.05) is 29.8 Å². The summed E-state index contributed by atoms with van der Waals surface area (Å²) in [5.74, 6) is 0.927. The lowest BCUT2D eigenvalue weighted by molar-refractivity contribution is 0.753. The van der Waals surface area contributed by atoms with Gasteiger partial charge < -0.3 is 15.5 Å². The highest BCUT2D eigenvalue weighted by molar-refractivity contribution is 6.33. The molecule has 0 saturated carbocycles. The van der Waals surface area contributed by atoms with E-state index < -0.39 is 0 Å². The molecule has 2 heterocycles. The number of hydrogen-bond donors (Lipinski definition) is 2. The number of hydrogen-bond acceptors (Lipinski definition) is 3. The van der Waals surface area contributed by atoms with Gasteiger partial charge in [-0.2, -0.15) is 0 Å². The largest absolute Gasteiger partial charge is 0.397 e. The van der Waals surface area contributed by atoms with Gasteiger partial charge in [0.2, 0.25) is 0 Å². The maximum absolute atomic E-state index is 6.03. The summed E-state index contributed by atoms with van der Waals surface area (Å²) in [5, 5.41) is 3.55. The zero-order chi connectivity index (χ0) is 10.8. The Morgan fingerprint density at radius 1 is 1.60 bits per heavy atom. The Balaban J connectivity index is 2.53. The van der Waals surface area contributed by atoms with E-state index in [1.54, 1.807) is 0 Å². The first-order valence-electron chi connectivity index (χ1n) is 4.79. The summed E-state index contributed by atoms with van der Waals surface area (Å²) in [4.78, 5) is 4.30. The number of aromatic nitrogens is 2. The van der Waals surface area contributed by atoms with Crippen molar-refractivity contribution in [2.75, 3.05) is 19.3 Å². The number of nitrogens with zero attached hydrogens (tertiary/aromatic N) is 2. The summed E-state index contributed by atoms with van der Waals surface area (Å²) in [6, 6.07) is 3.72. The van der Waals surface area contributed by atoms with Crippen LogP contribution in [0.25, 0.3) is 5.52 Å². The fourth-order valence-corrected chi connectivity index (χ4v) is 1.89. The van der Waals surface area contributed by atoms with E-state index in [0.717, 1.165) is 24.3 Å². The number of anilines is 1. The van der Waals surface area contributed by atoms with Crippen molar-refractivity contribution in [1.82, 2.24) is 14.7 Å². The molecule has 4 nitrogen and oxygen atoms in total. The fourth-order valence-electron chi connectivity index (χ4n) is 1.59. The standard InChI is InChI=1S/C10H13ClN4/c1-13-5-4-8-14-10(11)9-7(12)3-2-6-15(8)9/h2-3,6,13H,4-5,12H2,1H3. The van der Waals surface area contributed by atoms with Crippen LogP contribution in [0.15, 0.2) is 18.3 Å². The molecule has 15 heavy (non-hydrogen) atoms. The summed E-state index contributed by atoms with van der Waals surface area (Å²) in [7, 11) is 1.91. The minimum Gasteiger partial charge on any atom is -0.397 e. The molecule has 5 heteroatoms. The number of imidazole rings is 1. The molecular formula is C10H13ClN4. The molecule has 0 aliphatic carbocycles. The van der Waals surface area contributed by atoms with Crippen molar-refractivity contribution in [2.24, 2.45) is 0 Å². The number of likely N-dealkylation sites (N-methyl/N-ethyl adjacent to an activating group) is 1. The van der Waals surface area contributed by atoms with E-state index in [-0.39, 0.29) is 0 Å². The number of rotatable bonds is 3. The van der Waals surface area contributed by atoms with Gasteiger partial charge in [0.05, 0.1) is 5.69 Å². The van der Waals surface area contributed by atoms with Crippen LogP contribution in [-0.4, -0.2) is 23.0 Å². The average molecular weight is 225 g/mol. The van der Waals surface area contributed by atoms with Gasteiger partial charge in [0.15, 0.2) is 5.15 Å². The molecule has 0 bridgehead atoms. The first-order chi connectivity index (χ1) is 7.24. The molecule has 0 saturated heterocycles. The number of fused-ring (bicyclic) bond motifs is 1. The van der Waals surface area contributed by atoms with Gasteiger partial charge in [-0.1, -0.05) is 11.6 Å². The van der Waals surface area contributed by atoms with Crippen molar-refractivity contribution < 1.29 is 0 Å². The fraction of sp³-hybridized carbons (Fsp3) is 0.300. The van der Waals surface area contributed by atoms with Crippen LogP contribution in [0.5, 0.6) is 0 Å². The van der Waals surface area contributed by atoms with Crippen LogP contribution in [0.2, 0.25) is 5.15 Å². The van der Waals surface area contributed by atoms with Gasteiger partial charge >= 0.3 is 0 Å². The van der Waals surface area contributed by atoms with Crippen LogP contribution < -0.4 is 11.1 Å². The number of pyridine rings is 1. The van der Waals surface area contributed by atoms with E-state index in [4.69, 9.17) is 17.3 Å². The van der Waals surface area contributed by atoms with Crippen LogP contribution in [0, 0.1) is 0 Å². The third-order valence-corrected chi connectivity index (χ3v) is 2.59. The second kappa shape index (κ2) is 4.08. The first kappa shape index (κ1) is 10.3. The molecule has 2 aromatic heterocycles. The molecule has 0 amide bonds. The lowest BCUT2D eigenvalue weighted by Gasteiger charge is -2.01. The Labute approximate surface area is 93.1 Å². The highest BCUT2D eigenvalue weighted by atomic mass is 35.5. The van der Waals surface area contributed by atoms with Gasteiger partial charge in [-0.15, -0.1) is 0 Å². The monoisotopic (exact) mass is 224 g/mol. The van der Waals surface area contributed by atoms with E-state index >= 15 is 0 Å². The molecule has 2 aromatic rings. The van der Waals surface area contributed by atoms with E-state index in [2.05, 4.69) is 10.3 Å². The maximum Gasteiger partial charge on any atom is 0.157 e. The Kier molecular flexibility index (Phi) is 2.79. The third-order valence-electron chi connectivity index (χ3n) is 2.32. The van der Waals surface area contributed by atoms with Gasteiger partial charge in [-0.25, -0.2) is 4.98 Å². The summed E-state index contributed by atoms with van der Waals surface area (Å²) in [6.45, 7) is 0.865. The predicted molar refractivity (Wildman–Crippen MR) is 62.2 cm³/mol. The zero-order valence-corrected chi connectivity index (χ0v) is 9.25. The molecule has 0 aliphatic heterocycles. The van der Waals surface area contributed by atoms with Crippen molar-refractivity contribution >= 4 is 22.8 Å². The van der Waals surface area contributed by atoms with E-state index in [9.17, 15) is 0 Å². The van der Waals surface area contributed by atoms with Gasteiger partial charge in [0.25, 0.3) is 0 Å². The van der Waals surface area contributed by atoms with Crippen molar-refractivity contribution in [3.63, 3.8) is 0 Å². The molecule has 0 atom stereocenters. The highest BCUT2D eigenvalue weighted by Gasteiger charge is 2.10. The summed E-state index contributed by atoms with van der Waals surface area (Å²) >= 11 is 6.03. The van der Waals surface area contributed by atoms with Crippen molar-refractivity contribution in [1.29, 1.82) is 0 Å². The SMILES string of the molecule is CNCCc1nc(Cl)c2c(N)cccn12. The van der Waals surface area contributed by atoms with E-state index in [1.165, 1.54) is 0 Å². The number of nitrogen functional groups attached to an aromatic ring is 1. The van der Waals surface area contributed by atoms with Crippen molar-refractivity contribution in [3.05, 3.63) is 29.3 Å². The molecule has 0 radical (unpaired) electrons. The molecule has 0 aliphatic rings. The average Bonchev–Trinajstić information content (AvgIpc) is 2.54. The molecule has 0 unspecified atom stereocenters. The van der Waals surface area contributed by atoms with Crippen molar-refractivity contribution in [3.8, 4) is 0 Å². The second-order valence-corrected chi connectivity index (χ2v) is 3.71.